The van der Waals surface area contributed by atoms with Crippen molar-refractivity contribution in [1.29, 1.82) is 0 Å². The third-order valence-electron chi connectivity index (χ3n) is 3.55. The molecule has 0 fully saturated rings. The number of hydrogen-bond donors (Lipinski definition) is 0. The fourth-order valence-electron chi connectivity index (χ4n) is 2.63. The molecule has 0 spiro atoms. The monoisotopic (exact) mass is 221 g/mol. The van der Waals surface area contributed by atoms with Crippen molar-refractivity contribution in [2.75, 3.05) is 0 Å². The Labute approximate surface area is 103 Å². The molecule has 0 heterocycles. The summed E-state index contributed by atoms with van der Waals surface area (Å²) < 4.78 is 0. The SMILES string of the molecule is CCCCc1cccc2c1[CH]c1ccccc1-2. The van der Waals surface area contributed by atoms with Crippen LogP contribution in [0.15, 0.2) is 42.5 Å². The van der Waals surface area contributed by atoms with Gasteiger partial charge >= 0.3 is 0 Å². The minimum atomic E-state index is 1.20. The van der Waals surface area contributed by atoms with Crippen LogP contribution in [0.2, 0.25) is 0 Å². The van der Waals surface area contributed by atoms with Crippen LogP contribution < -0.4 is 0 Å². The fourth-order valence-corrected chi connectivity index (χ4v) is 2.63. The van der Waals surface area contributed by atoms with Crippen molar-refractivity contribution in [3.63, 3.8) is 0 Å². The van der Waals surface area contributed by atoms with Gasteiger partial charge < -0.3 is 0 Å². The Bertz CT molecular complexity index is 537. The molecular formula is C17H17. The van der Waals surface area contributed by atoms with Crippen LogP contribution in [0.4, 0.5) is 0 Å². The zero-order valence-corrected chi connectivity index (χ0v) is 10.2. The third kappa shape index (κ3) is 1.78. The molecule has 1 aliphatic carbocycles. The molecule has 0 aliphatic heterocycles. The lowest BCUT2D eigenvalue weighted by Crippen LogP contribution is -1.91. The molecule has 0 saturated heterocycles. The molecule has 0 aromatic heterocycles. The van der Waals surface area contributed by atoms with Gasteiger partial charge in [-0.05, 0) is 40.7 Å². The summed E-state index contributed by atoms with van der Waals surface area (Å²) >= 11 is 0. The standard InChI is InChI=1S/C17H17/c1-2-3-7-13-9-6-11-16-15-10-5-4-8-14(15)12-17(13)16/h4-6,8-12H,2-3,7H2,1H3. The van der Waals surface area contributed by atoms with E-state index in [0.29, 0.717) is 0 Å². The van der Waals surface area contributed by atoms with Crippen LogP contribution in [0.25, 0.3) is 11.1 Å². The van der Waals surface area contributed by atoms with Gasteiger partial charge in [-0.3, -0.25) is 0 Å². The topological polar surface area (TPSA) is 0 Å². The lowest BCUT2D eigenvalue weighted by molar-refractivity contribution is 0.793. The highest BCUT2D eigenvalue weighted by atomic mass is 14.2. The highest BCUT2D eigenvalue weighted by molar-refractivity contribution is 5.82. The average molecular weight is 221 g/mol. The van der Waals surface area contributed by atoms with Crippen molar-refractivity contribution in [1.82, 2.24) is 0 Å². The van der Waals surface area contributed by atoms with Crippen molar-refractivity contribution in [3.8, 4) is 11.1 Å². The van der Waals surface area contributed by atoms with Crippen LogP contribution in [0.3, 0.4) is 0 Å². The molecule has 0 heteroatoms. The van der Waals surface area contributed by atoms with E-state index in [4.69, 9.17) is 0 Å². The molecule has 0 amide bonds. The molecule has 2 aromatic rings. The number of benzene rings is 2. The molecule has 0 atom stereocenters. The maximum Gasteiger partial charge on any atom is 0.0214 e. The van der Waals surface area contributed by atoms with Crippen LogP contribution >= 0.6 is 0 Å². The van der Waals surface area contributed by atoms with E-state index < -0.39 is 0 Å². The lowest BCUT2D eigenvalue weighted by atomic mass is 9.98. The third-order valence-corrected chi connectivity index (χ3v) is 3.55. The van der Waals surface area contributed by atoms with E-state index in [0.717, 1.165) is 0 Å². The van der Waals surface area contributed by atoms with Crippen molar-refractivity contribution >= 4 is 0 Å². The van der Waals surface area contributed by atoms with Crippen molar-refractivity contribution in [2.45, 2.75) is 26.2 Å². The molecule has 1 aliphatic rings. The minimum Gasteiger partial charge on any atom is -0.0654 e. The van der Waals surface area contributed by atoms with Gasteiger partial charge in [0.25, 0.3) is 0 Å². The average Bonchev–Trinajstić information content (AvgIpc) is 2.75. The van der Waals surface area contributed by atoms with Crippen LogP contribution in [-0.4, -0.2) is 0 Å². The van der Waals surface area contributed by atoms with Crippen molar-refractivity contribution < 1.29 is 0 Å². The van der Waals surface area contributed by atoms with Gasteiger partial charge in [-0.1, -0.05) is 55.8 Å². The summed E-state index contributed by atoms with van der Waals surface area (Å²) in [5.74, 6) is 0. The first-order valence-electron chi connectivity index (χ1n) is 6.46. The molecule has 2 aromatic carbocycles. The Hall–Kier alpha value is -1.56. The van der Waals surface area contributed by atoms with E-state index in [1.165, 1.54) is 47.1 Å². The molecular weight excluding hydrogens is 204 g/mol. The Morgan fingerprint density at radius 3 is 2.59 bits per heavy atom. The zero-order chi connectivity index (χ0) is 11.7. The van der Waals surface area contributed by atoms with Gasteiger partial charge in [0.05, 0.1) is 0 Å². The largest absolute Gasteiger partial charge is 0.0654 e. The number of unbranched alkanes of at least 4 members (excludes halogenated alkanes) is 1. The Morgan fingerprint density at radius 1 is 0.882 bits per heavy atom. The lowest BCUT2D eigenvalue weighted by Gasteiger charge is -2.07. The van der Waals surface area contributed by atoms with Gasteiger partial charge in [-0.25, -0.2) is 0 Å². The van der Waals surface area contributed by atoms with E-state index in [1.807, 2.05) is 0 Å². The first-order valence-corrected chi connectivity index (χ1v) is 6.46. The second-order valence-electron chi connectivity index (χ2n) is 4.71. The highest BCUT2D eigenvalue weighted by Gasteiger charge is 2.19. The molecule has 0 saturated carbocycles. The number of fused-ring (bicyclic) bond motifs is 3. The van der Waals surface area contributed by atoms with Crippen LogP contribution in [0, 0.1) is 6.42 Å². The summed E-state index contributed by atoms with van der Waals surface area (Å²) in [5.41, 5.74) is 7.12. The van der Waals surface area contributed by atoms with Gasteiger partial charge in [0.2, 0.25) is 0 Å². The van der Waals surface area contributed by atoms with E-state index in [1.54, 1.807) is 0 Å². The summed E-state index contributed by atoms with van der Waals surface area (Å²) in [7, 11) is 0. The van der Waals surface area contributed by atoms with Gasteiger partial charge in [0, 0.05) is 6.42 Å². The zero-order valence-electron chi connectivity index (χ0n) is 10.2. The summed E-state index contributed by atoms with van der Waals surface area (Å²) in [6.45, 7) is 2.25. The van der Waals surface area contributed by atoms with Crippen LogP contribution in [0.1, 0.15) is 36.5 Å². The second-order valence-corrected chi connectivity index (χ2v) is 4.71. The number of hydrogen-bond acceptors (Lipinski definition) is 0. The summed E-state index contributed by atoms with van der Waals surface area (Å²) in [4.78, 5) is 0. The number of rotatable bonds is 3. The smallest absolute Gasteiger partial charge is 0.0214 e. The predicted molar refractivity (Wildman–Crippen MR) is 73.0 cm³/mol. The normalized spacial score (nSPS) is 12.3. The summed E-state index contributed by atoms with van der Waals surface area (Å²) in [6.07, 6.45) is 6.08. The van der Waals surface area contributed by atoms with E-state index in [9.17, 15) is 0 Å². The van der Waals surface area contributed by atoms with Crippen molar-refractivity contribution in [3.05, 3.63) is 65.6 Å². The molecule has 17 heavy (non-hydrogen) atoms. The summed E-state index contributed by atoms with van der Waals surface area (Å²) in [5, 5.41) is 0. The van der Waals surface area contributed by atoms with Crippen molar-refractivity contribution in [2.24, 2.45) is 0 Å². The van der Waals surface area contributed by atoms with Crippen LogP contribution in [0.5, 0.6) is 0 Å². The molecule has 0 unspecified atom stereocenters. The Kier molecular flexibility index (Phi) is 2.72. The molecule has 85 valence electrons. The molecule has 0 nitrogen and oxygen atoms in total. The number of aryl methyl sites for hydroxylation is 1. The molecule has 1 radical (unpaired) electrons. The molecule has 0 N–H and O–H groups in total. The Balaban J connectivity index is 2.05. The maximum absolute atomic E-state index is 2.34. The van der Waals surface area contributed by atoms with Gasteiger partial charge in [-0.15, -0.1) is 0 Å². The van der Waals surface area contributed by atoms with Crippen LogP contribution in [-0.2, 0) is 6.42 Å². The maximum atomic E-state index is 2.34. The molecule has 3 rings (SSSR count). The van der Waals surface area contributed by atoms with E-state index in [-0.39, 0.29) is 0 Å². The Morgan fingerprint density at radius 2 is 1.71 bits per heavy atom. The van der Waals surface area contributed by atoms with E-state index >= 15 is 0 Å². The minimum absolute atomic E-state index is 1.20. The molecule has 0 bridgehead atoms. The first kappa shape index (κ1) is 10.6. The first-order chi connectivity index (χ1) is 8.40. The van der Waals surface area contributed by atoms with Gasteiger partial charge in [-0.2, -0.15) is 0 Å². The quantitative estimate of drug-likeness (QED) is 0.606. The van der Waals surface area contributed by atoms with E-state index in [2.05, 4.69) is 55.8 Å². The highest BCUT2D eigenvalue weighted by Crippen LogP contribution is 2.39. The predicted octanol–water partition coefficient (Wildman–Crippen LogP) is 4.61. The van der Waals surface area contributed by atoms with Gasteiger partial charge in [0.15, 0.2) is 0 Å². The van der Waals surface area contributed by atoms with Gasteiger partial charge in [0.1, 0.15) is 0 Å². The summed E-state index contributed by atoms with van der Waals surface area (Å²) in [6, 6.07) is 15.4. The second kappa shape index (κ2) is 4.37. The fraction of sp³-hybridized carbons (Fsp3) is 0.235.